The number of thiazole rings is 1. The van der Waals surface area contributed by atoms with E-state index in [2.05, 4.69) is 4.98 Å². The maximum atomic E-state index is 15.3. The van der Waals surface area contributed by atoms with Crippen LogP contribution in [0.5, 0.6) is 0 Å². The molecular formula is C30H23F3N4O4S2. The largest absolute Gasteiger partial charge is 0.476 e. The van der Waals surface area contributed by atoms with Crippen molar-refractivity contribution in [2.75, 3.05) is 0 Å². The third kappa shape index (κ3) is 5.96. The van der Waals surface area contributed by atoms with Crippen LogP contribution in [0, 0.1) is 23.4 Å². The van der Waals surface area contributed by atoms with Gasteiger partial charge in [0.25, 0.3) is 0 Å². The molecule has 2 heterocycles. The number of sulfonamides is 1. The molecule has 0 atom stereocenters. The van der Waals surface area contributed by atoms with Crippen LogP contribution in [0.3, 0.4) is 0 Å². The molecule has 0 amide bonds. The molecule has 43 heavy (non-hydrogen) atoms. The number of halogens is 3. The highest BCUT2D eigenvalue weighted by Gasteiger charge is 2.30. The van der Waals surface area contributed by atoms with Crippen LogP contribution in [0.2, 0.25) is 0 Å². The van der Waals surface area contributed by atoms with Crippen molar-refractivity contribution >= 4 is 27.3 Å². The number of benzene rings is 3. The molecule has 220 valence electrons. The lowest BCUT2D eigenvalue weighted by molar-refractivity contribution is 0.0691. The molecule has 13 heteroatoms. The summed E-state index contributed by atoms with van der Waals surface area (Å²) in [5.74, 6) is -2.65. The second kappa shape index (κ2) is 11.1. The summed E-state index contributed by atoms with van der Waals surface area (Å²) >= 11 is 1.09. The number of hydrogen-bond acceptors (Lipinski definition) is 6. The van der Waals surface area contributed by atoms with Crippen LogP contribution in [-0.2, 0) is 22.9 Å². The smallest absolute Gasteiger partial charge is 0.355 e. The van der Waals surface area contributed by atoms with Gasteiger partial charge < -0.3 is 5.11 Å². The monoisotopic (exact) mass is 624 g/mol. The Bertz CT molecular complexity index is 1990. The van der Waals surface area contributed by atoms with Crippen LogP contribution in [0.25, 0.3) is 27.5 Å². The second-order valence-corrected chi connectivity index (χ2v) is 12.7. The maximum Gasteiger partial charge on any atom is 0.355 e. The number of aromatic carboxylic acids is 1. The zero-order valence-electron chi connectivity index (χ0n) is 22.3. The van der Waals surface area contributed by atoms with E-state index in [0.717, 1.165) is 30.2 Å². The summed E-state index contributed by atoms with van der Waals surface area (Å²) in [5, 5.41) is 21.2. The highest BCUT2D eigenvalue weighted by molar-refractivity contribution is 7.89. The van der Waals surface area contributed by atoms with E-state index in [0.29, 0.717) is 45.5 Å². The Morgan fingerprint density at radius 3 is 2.35 bits per heavy atom. The number of primary sulfonamides is 1. The summed E-state index contributed by atoms with van der Waals surface area (Å²) in [6.45, 7) is 0. The lowest BCUT2D eigenvalue weighted by Crippen LogP contribution is -2.13. The normalized spacial score (nSPS) is 13.4. The minimum atomic E-state index is -4.13. The van der Waals surface area contributed by atoms with Crippen LogP contribution in [0.15, 0.2) is 70.9 Å². The number of carbonyl (C=O) groups is 1. The van der Waals surface area contributed by atoms with E-state index in [-0.39, 0.29) is 28.1 Å². The zero-order chi connectivity index (χ0) is 30.5. The Hall–Kier alpha value is -4.33. The molecule has 5 aromatic rings. The quantitative estimate of drug-likeness (QED) is 0.208. The van der Waals surface area contributed by atoms with E-state index < -0.39 is 33.4 Å². The number of carboxylic acids is 1. The highest BCUT2D eigenvalue weighted by Crippen LogP contribution is 2.39. The summed E-state index contributed by atoms with van der Waals surface area (Å²) in [6.07, 6.45) is 2.49. The van der Waals surface area contributed by atoms with E-state index in [4.69, 9.17) is 10.2 Å². The fraction of sp³-hybridized carbons (Fsp3) is 0.167. The van der Waals surface area contributed by atoms with Crippen LogP contribution in [-0.4, -0.2) is 34.3 Å². The number of rotatable bonds is 9. The first-order valence-corrected chi connectivity index (χ1v) is 15.6. The summed E-state index contributed by atoms with van der Waals surface area (Å²) in [5.41, 5.74) is 2.83. The average molecular weight is 625 g/mol. The molecule has 0 saturated heterocycles. The van der Waals surface area contributed by atoms with Crippen molar-refractivity contribution in [3.63, 3.8) is 0 Å². The summed E-state index contributed by atoms with van der Waals surface area (Å²) in [7, 11) is -4.13. The van der Waals surface area contributed by atoms with Gasteiger partial charge in [0.05, 0.1) is 16.3 Å². The van der Waals surface area contributed by atoms with Gasteiger partial charge in [0.2, 0.25) is 15.2 Å². The first kappa shape index (κ1) is 28.8. The first-order valence-electron chi connectivity index (χ1n) is 13.1. The molecule has 6 rings (SSSR count). The van der Waals surface area contributed by atoms with E-state index in [1.165, 1.54) is 53.9 Å². The summed E-state index contributed by atoms with van der Waals surface area (Å²) in [4.78, 5) is 15.4. The number of nitrogens with zero attached hydrogens (tertiary/aromatic N) is 3. The Balaban J connectivity index is 1.55. The van der Waals surface area contributed by atoms with Crippen LogP contribution >= 0.6 is 11.3 Å². The Morgan fingerprint density at radius 1 is 1.00 bits per heavy atom. The minimum absolute atomic E-state index is 0.00542. The van der Waals surface area contributed by atoms with Crippen molar-refractivity contribution in [2.45, 2.75) is 30.6 Å². The van der Waals surface area contributed by atoms with Gasteiger partial charge in [0.15, 0.2) is 5.69 Å². The molecular weight excluding hydrogens is 601 g/mol. The van der Waals surface area contributed by atoms with Crippen molar-refractivity contribution < 1.29 is 31.5 Å². The highest BCUT2D eigenvalue weighted by atomic mass is 32.2. The molecule has 8 nitrogen and oxygen atoms in total. The van der Waals surface area contributed by atoms with Gasteiger partial charge in [0, 0.05) is 28.5 Å². The molecule has 1 aliphatic rings. The molecule has 1 saturated carbocycles. The van der Waals surface area contributed by atoms with Gasteiger partial charge in [-0.25, -0.2) is 41.2 Å². The number of hydrogen-bond donors (Lipinski definition) is 2. The van der Waals surface area contributed by atoms with Crippen molar-refractivity contribution in [1.82, 2.24) is 14.8 Å². The van der Waals surface area contributed by atoms with Crippen molar-refractivity contribution in [2.24, 2.45) is 11.1 Å². The SMILES string of the molecule is NS(=O)(=O)c1ccc(Cc2c(-c3ccc(F)c(-c4ccc(F)cc4)c3)nn(-c3nc(C(=O)O)cs3)c2CC2CC2)c(F)c1. The average Bonchev–Trinajstić information content (AvgIpc) is 3.52. The van der Waals surface area contributed by atoms with Gasteiger partial charge in [-0.05, 0) is 78.8 Å². The molecule has 0 unspecified atom stereocenters. The standard InChI is InChI=1S/C30H23F3N4O4S2/c31-20-7-3-17(4-8-20)22-13-19(6-10-24(22)32)28-23(12-18-5-9-21(14-25(18)33)43(34,40)41)27(11-16-1-2-16)37(36-28)30-35-26(15-42-30)29(38)39/h3-10,13-16H,1-2,11-12H2,(H,38,39)(H2,34,40,41). The maximum absolute atomic E-state index is 15.3. The van der Waals surface area contributed by atoms with Crippen LogP contribution < -0.4 is 5.14 Å². The third-order valence-corrected chi connectivity index (χ3v) is 9.00. The Labute approximate surface area is 248 Å². The van der Waals surface area contributed by atoms with E-state index >= 15 is 8.78 Å². The first-order chi connectivity index (χ1) is 20.5. The van der Waals surface area contributed by atoms with Gasteiger partial charge in [-0.3, -0.25) is 0 Å². The number of nitrogens with two attached hydrogens (primary N) is 1. The van der Waals surface area contributed by atoms with E-state index in [9.17, 15) is 22.7 Å². The fourth-order valence-electron chi connectivity index (χ4n) is 4.89. The van der Waals surface area contributed by atoms with E-state index in [1.807, 2.05) is 0 Å². The number of carboxylic acid groups (broad SMARTS) is 1. The fourth-order valence-corrected chi connectivity index (χ4v) is 6.19. The molecule has 3 aromatic carbocycles. The molecule has 0 radical (unpaired) electrons. The molecule has 1 fully saturated rings. The lowest BCUT2D eigenvalue weighted by Gasteiger charge is -2.11. The summed E-state index contributed by atoms with van der Waals surface area (Å²) in [6, 6.07) is 13.2. The predicted molar refractivity (Wildman–Crippen MR) is 154 cm³/mol. The minimum Gasteiger partial charge on any atom is -0.476 e. The lowest BCUT2D eigenvalue weighted by atomic mass is 9.94. The molecule has 0 spiro atoms. The van der Waals surface area contributed by atoms with Gasteiger partial charge in [-0.1, -0.05) is 18.2 Å². The Morgan fingerprint density at radius 2 is 1.72 bits per heavy atom. The predicted octanol–water partition coefficient (Wildman–Crippen LogP) is 5.97. The Kier molecular flexibility index (Phi) is 7.40. The molecule has 0 bridgehead atoms. The molecule has 1 aliphatic carbocycles. The van der Waals surface area contributed by atoms with Crippen LogP contribution in [0.1, 0.15) is 40.2 Å². The molecule has 3 N–H and O–H groups in total. The summed E-state index contributed by atoms with van der Waals surface area (Å²) < 4.78 is 69.0. The number of aromatic nitrogens is 3. The zero-order valence-corrected chi connectivity index (χ0v) is 23.9. The van der Waals surface area contributed by atoms with Gasteiger partial charge in [-0.15, -0.1) is 11.3 Å². The van der Waals surface area contributed by atoms with Crippen molar-refractivity contribution in [3.05, 3.63) is 106 Å². The van der Waals surface area contributed by atoms with Gasteiger partial charge in [-0.2, -0.15) is 5.10 Å². The third-order valence-electron chi connectivity index (χ3n) is 7.28. The molecule has 0 aliphatic heterocycles. The second-order valence-electron chi connectivity index (χ2n) is 10.3. The van der Waals surface area contributed by atoms with Crippen LogP contribution in [0.4, 0.5) is 13.2 Å². The topological polar surface area (TPSA) is 128 Å². The van der Waals surface area contributed by atoms with Gasteiger partial charge in [0.1, 0.15) is 17.5 Å². The van der Waals surface area contributed by atoms with Crippen molar-refractivity contribution in [3.8, 4) is 27.5 Å². The van der Waals surface area contributed by atoms with Gasteiger partial charge >= 0.3 is 5.97 Å². The van der Waals surface area contributed by atoms with Crippen molar-refractivity contribution in [1.29, 1.82) is 0 Å². The van der Waals surface area contributed by atoms with E-state index in [1.54, 1.807) is 10.7 Å². The molecule has 2 aromatic heterocycles.